The molecule has 1 saturated heterocycles. The zero-order valence-corrected chi connectivity index (χ0v) is 18.3. The van der Waals surface area contributed by atoms with Gasteiger partial charge in [-0.05, 0) is 48.5 Å². The summed E-state index contributed by atoms with van der Waals surface area (Å²) in [5, 5.41) is 2.97. The van der Waals surface area contributed by atoms with Crippen molar-refractivity contribution in [2.45, 2.75) is 0 Å². The highest BCUT2D eigenvalue weighted by Crippen LogP contribution is 2.31. The minimum atomic E-state index is -0.108. The Kier molecular flexibility index (Phi) is 6.65. The molecule has 7 heteroatoms. The van der Waals surface area contributed by atoms with E-state index in [-0.39, 0.29) is 6.03 Å². The highest BCUT2D eigenvalue weighted by Gasteiger charge is 2.23. The van der Waals surface area contributed by atoms with Gasteiger partial charge in [-0.25, -0.2) is 4.79 Å². The lowest BCUT2D eigenvalue weighted by Crippen LogP contribution is -2.50. The van der Waals surface area contributed by atoms with Gasteiger partial charge in [0.05, 0.1) is 19.9 Å². The molecule has 1 aliphatic rings. The van der Waals surface area contributed by atoms with Crippen molar-refractivity contribution >= 4 is 17.4 Å². The van der Waals surface area contributed by atoms with Crippen LogP contribution in [0.3, 0.4) is 0 Å². The Hall–Kier alpha value is -3.87. The first-order chi connectivity index (χ1) is 15.7. The van der Waals surface area contributed by atoms with Crippen LogP contribution in [0.1, 0.15) is 0 Å². The van der Waals surface area contributed by atoms with Crippen LogP contribution in [0.4, 0.5) is 16.2 Å². The van der Waals surface area contributed by atoms with Gasteiger partial charge in [-0.15, -0.1) is 0 Å². The zero-order chi connectivity index (χ0) is 22.3. The van der Waals surface area contributed by atoms with E-state index < -0.39 is 0 Å². The molecule has 1 heterocycles. The van der Waals surface area contributed by atoms with Gasteiger partial charge in [-0.3, -0.25) is 0 Å². The number of rotatable bonds is 6. The summed E-state index contributed by atoms with van der Waals surface area (Å²) in [6.07, 6.45) is 0. The third-order valence-electron chi connectivity index (χ3n) is 5.40. The van der Waals surface area contributed by atoms with Crippen molar-refractivity contribution < 1.29 is 19.0 Å². The van der Waals surface area contributed by atoms with Gasteiger partial charge >= 0.3 is 6.03 Å². The molecule has 0 bridgehead atoms. The summed E-state index contributed by atoms with van der Waals surface area (Å²) in [5.74, 6) is 2.82. The van der Waals surface area contributed by atoms with Gasteiger partial charge in [0.1, 0.15) is 11.5 Å². The maximum absolute atomic E-state index is 12.7. The largest absolute Gasteiger partial charge is 0.495 e. The van der Waals surface area contributed by atoms with E-state index in [1.807, 2.05) is 77.7 Å². The van der Waals surface area contributed by atoms with Gasteiger partial charge in [-0.2, -0.15) is 0 Å². The molecule has 4 rings (SSSR count). The lowest BCUT2D eigenvalue weighted by molar-refractivity contribution is 0.208. The molecular weight excluding hydrogens is 406 g/mol. The van der Waals surface area contributed by atoms with Crippen LogP contribution in [0.2, 0.25) is 0 Å². The topological polar surface area (TPSA) is 63.3 Å². The summed E-state index contributed by atoms with van der Waals surface area (Å²) in [7, 11) is 3.28. The summed E-state index contributed by atoms with van der Waals surface area (Å²) in [6, 6.07) is 22.6. The summed E-state index contributed by atoms with van der Waals surface area (Å²) in [5.41, 5.74) is 1.77. The van der Waals surface area contributed by atoms with Crippen molar-refractivity contribution in [3.63, 3.8) is 0 Å². The number of urea groups is 1. The van der Waals surface area contributed by atoms with E-state index in [9.17, 15) is 4.79 Å². The molecule has 0 aromatic heterocycles. The molecule has 166 valence electrons. The van der Waals surface area contributed by atoms with Crippen LogP contribution in [-0.4, -0.2) is 51.3 Å². The average Bonchev–Trinajstić information content (AvgIpc) is 2.85. The number of nitrogens with one attached hydrogen (secondary N) is 1. The van der Waals surface area contributed by atoms with E-state index in [1.54, 1.807) is 14.2 Å². The Balaban J connectivity index is 1.32. The molecular formula is C25H27N3O4. The molecule has 2 amide bonds. The number of carbonyl (C=O) groups is 1. The van der Waals surface area contributed by atoms with E-state index in [4.69, 9.17) is 14.2 Å². The van der Waals surface area contributed by atoms with Crippen molar-refractivity contribution in [1.29, 1.82) is 0 Å². The lowest BCUT2D eigenvalue weighted by Gasteiger charge is -2.36. The predicted molar refractivity (Wildman–Crippen MR) is 125 cm³/mol. The van der Waals surface area contributed by atoms with Crippen molar-refractivity contribution in [2.24, 2.45) is 0 Å². The maximum Gasteiger partial charge on any atom is 0.321 e. The fraction of sp³-hybridized carbons (Fsp3) is 0.240. The van der Waals surface area contributed by atoms with Crippen LogP contribution in [0.15, 0.2) is 72.8 Å². The smallest absolute Gasteiger partial charge is 0.321 e. The number of nitrogens with zero attached hydrogens (tertiary/aromatic N) is 2. The molecule has 0 saturated carbocycles. The average molecular weight is 434 g/mol. The second-order valence-electron chi connectivity index (χ2n) is 7.35. The fourth-order valence-corrected chi connectivity index (χ4v) is 3.68. The van der Waals surface area contributed by atoms with Gasteiger partial charge in [0.15, 0.2) is 11.5 Å². The minimum absolute atomic E-state index is 0.108. The fourth-order valence-electron chi connectivity index (χ4n) is 3.68. The molecule has 1 aliphatic heterocycles. The zero-order valence-electron chi connectivity index (χ0n) is 18.3. The Morgan fingerprint density at radius 3 is 2.00 bits per heavy atom. The van der Waals surface area contributed by atoms with Crippen molar-refractivity contribution in [3.05, 3.63) is 72.8 Å². The number of carbonyl (C=O) groups excluding carboxylic acids is 1. The van der Waals surface area contributed by atoms with Crippen LogP contribution in [0.25, 0.3) is 0 Å². The Morgan fingerprint density at radius 1 is 0.750 bits per heavy atom. The molecule has 0 unspecified atom stereocenters. The molecule has 0 spiro atoms. The lowest BCUT2D eigenvalue weighted by atomic mass is 10.2. The molecule has 1 N–H and O–H groups in total. The van der Waals surface area contributed by atoms with E-state index in [0.717, 1.165) is 30.2 Å². The number of hydrogen-bond donors (Lipinski definition) is 1. The summed E-state index contributed by atoms with van der Waals surface area (Å²) >= 11 is 0. The van der Waals surface area contributed by atoms with Crippen LogP contribution < -0.4 is 24.4 Å². The van der Waals surface area contributed by atoms with Gasteiger partial charge in [0.25, 0.3) is 0 Å². The van der Waals surface area contributed by atoms with E-state index in [0.29, 0.717) is 30.3 Å². The highest BCUT2D eigenvalue weighted by molar-refractivity contribution is 5.89. The van der Waals surface area contributed by atoms with Crippen LogP contribution in [0.5, 0.6) is 23.0 Å². The molecule has 32 heavy (non-hydrogen) atoms. The Labute approximate surface area is 188 Å². The second-order valence-corrected chi connectivity index (χ2v) is 7.35. The molecule has 0 radical (unpaired) electrons. The van der Waals surface area contributed by atoms with Crippen molar-refractivity contribution in [3.8, 4) is 23.0 Å². The Bertz CT molecular complexity index is 1050. The number of benzene rings is 3. The first-order valence-corrected chi connectivity index (χ1v) is 10.5. The van der Waals surface area contributed by atoms with Crippen LogP contribution in [0, 0.1) is 0 Å². The molecule has 3 aromatic rings. The van der Waals surface area contributed by atoms with E-state index in [2.05, 4.69) is 10.2 Å². The van der Waals surface area contributed by atoms with E-state index in [1.165, 1.54) is 0 Å². The normalized spacial score (nSPS) is 13.4. The number of hydrogen-bond acceptors (Lipinski definition) is 5. The number of ether oxygens (including phenoxy) is 3. The van der Waals surface area contributed by atoms with Crippen LogP contribution >= 0.6 is 0 Å². The van der Waals surface area contributed by atoms with Crippen LogP contribution in [-0.2, 0) is 0 Å². The maximum atomic E-state index is 12.7. The monoisotopic (exact) mass is 433 g/mol. The van der Waals surface area contributed by atoms with Crippen molar-refractivity contribution in [2.75, 3.05) is 50.6 Å². The molecule has 0 aliphatic carbocycles. The molecule has 1 fully saturated rings. The Morgan fingerprint density at radius 2 is 1.34 bits per heavy atom. The molecule has 3 aromatic carbocycles. The number of piperazine rings is 1. The first kappa shape index (κ1) is 21.4. The first-order valence-electron chi connectivity index (χ1n) is 10.5. The van der Waals surface area contributed by atoms with Crippen molar-refractivity contribution in [1.82, 2.24) is 4.90 Å². The molecule has 7 nitrogen and oxygen atoms in total. The number of amides is 2. The highest BCUT2D eigenvalue weighted by atomic mass is 16.5. The van der Waals surface area contributed by atoms with Gasteiger partial charge in [0, 0.05) is 31.9 Å². The van der Waals surface area contributed by atoms with Gasteiger partial charge in [0.2, 0.25) is 0 Å². The summed E-state index contributed by atoms with van der Waals surface area (Å²) in [6.45, 7) is 2.77. The van der Waals surface area contributed by atoms with Gasteiger partial charge in [-0.1, -0.05) is 24.3 Å². The number of anilines is 2. The predicted octanol–water partition coefficient (Wildman–Crippen LogP) is 4.85. The van der Waals surface area contributed by atoms with E-state index >= 15 is 0 Å². The quantitative estimate of drug-likeness (QED) is 0.602. The summed E-state index contributed by atoms with van der Waals surface area (Å²) in [4.78, 5) is 16.8. The number of para-hydroxylation sites is 4. The minimum Gasteiger partial charge on any atom is -0.495 e. The molecule has 0 atom stereocenters. The summed E-state index contributed by atoms with van der Waals surface area (Å²) < 4.78 is 16.7. The third kappa shape index (κ3) is 4.88. The second kappa shape index (κ2) is 9.96. The third-order valence-corrected chi connectivity index (χ3v) is 5.40. The SMILES string of the molecule is COc1ccccc1Oc1ccc(NC(=O)N2CCN(c3ccccc3OC)CC2)cc1. The standard InChI is InChI=1S/C25H27N3O4/c1-30-22-8-4-3-7-21(22)27-15-17-28(18-16-27)25(29)26-19-11-13-20(14-12-19)32-24-10-6-5-9-23(24)31-2/h3-14H,15-18H2,1-2H3,(H,26,29). The number of methoxy groups -OCH3 is 2. The van der Waals surface area contributed by atoms with Gasteiger partial charge < -0.3 is 29.3 Å².